The fourth-order valence-corrected chi connectivity index (χ4v) is 0.622. The number of hydrogen-bond donors (Lipinski definition) is 0. The first-order valence-corrected chi connectivity index (χ1v) is 4.15. The van der Waals surface area contributed by atoms with Crippen LogP contribution in [0.4, 0.5) is 13.2 Å². The first-order chi connectivity index (χ1) is 6.66. The molecule has 0 aliphatic heterocycles. The summed E-state index contributed by atoms with van der Waals surface area (Å²) in [6.07, 6.45) is -3.84. The van der Waals surface area contributed by atoms with Crippen LogP contribution in [0, 0.1) is 5.92 Å². The summed E-state index contributed by atoms with van der Waals surface area (Å²) >= 11 is 0. The zero-order valence-electron chi connectivity index (χ0n) is 8.57. The van der Waals surface area contributed by atoms with Crippen molar-refractivity contribution in [1.29, 1.82) is 0 Å². The van der Waals surface area contributed by atoms with Crippen LogP contribution < -0.4 is 10.2 Å². The second kappa shape index (κ2) is 9.45. The van der Waals surface area contributed by atoms with Crippen molar-refractivity contribution in [2.75, 3.05) is 0 Å². The molecule has 98 valence electrons. The molecule has 0 N–H and O–H groups in total. The number of hydrogen-bond acceptors (Lipinski definition) is 4. The van der Waals surface area contributed by atoms with Crippen LogP contribution in [-0.2, 0) is 26.1 Å². The third kappa shape index (κ3) is 11.3. The molecular weight excluding hydrogens is 276 g/mol. The van der Waals surface area contributed by atoms with E-state index in [1.807, 2.05) is 13.8 Å². The Morgan fingerprint density at radius 3 is 1.38 bits per heavy atom. The average Bonchev–Trinajstić information content (AvgIpc) is 2.04. The Morgan fingerprint density at radius 1 is 1.12 bits per heavy atom. The summed E-state index contributed by atoms with van der Waals surface area (Å²) < 4.78 is 31.5. The van der Waals surface area contributed by atoms with Gasteiger partial charge in [-0.3, -0.25) is 0 Å². The van der Waals surface area contributed by atoms with Crippen LogP contribution in [0.1, 0.15) is 26.7 Å². The van der Waals surface area contributed by atoms with Crippen molar-refractivity contribution in [2.24, 2.45) is 5.92 Å². The number of carboxylic acid groups (broad SMARTS) is 2. The quantitative estimate of drug-likeness (QED) is 0.653. The molecule has 0 aromatic carbocycles. The van der Waals surface area contributed by atoms with E-state index in [-0.39, 0.29) is 22.4 Å². The van der Waals surface area contributed by atoms with E-state index in [4.69, 9.17) is 9.90 Å². The number of carbonyl (C=O) groups is 2. The molecule has 0 unspecified atom stereocenters. The van der Waals surface area contributed by atoms with E-state index >= 15 is 0 Å². The van der Waals surface area contributed by atoms with Gasteiger partial charge < -0.3 is 19.8 Å². The van der Waals surface area contributed by atoms with Crippen molar-refractivity contribution in [1.82, 2.24) is 0 Å². The zero-order valence-corrected chi connectivity index (χ0v) is 9.56. The molecule has 0 aliphatic rings. The van der Waals surface area contributed by atoms with Crippen molar-refractivity contribution in [2.45, 2.75) is 32.9 Å². The number of carboxylic acids is 2. The Labute approximate surface area is 101 Å². The first-order valence-electron chi connectivity index (χ1n) is 4.15. The van der Waals surface area contributed by atoms with Crippen molar-refractivity contribution >= 4 is 11.9 Å². The molecule has 0 amide bonds. The molecule has 0 aromatic rings. The zero-order chi connectivity index (χ0) is 12.6. The van der Waals surface area contributed by atoms with Gasteiger partial charge in [0.2, 0.25) is 0 Å². The third-order valence-electron chi connectivity index (χ3n) is 1.55. The maximum absolute atomic E-state index is 10.5. The number of halogens is 3. The summed E-state index contributed by atoms with van der Waals surface area (Å²) in [7, 11) is 0. The van der Waals surface area contributed by atoms with Crippen LogP contribution in [0.15, 0.2) is 0 Å². The minimum Gasteiger partial charge on any atom is -0.550 e. The molecule has 0 atom stereocenters. The fraction of sp³-hybridized carbons (Fsp3) is 0.750. The second-order valence-electron chi connectivity index (χ2n) is 2.62. The molecule has 0 bridgehead atoms. The molecule has 0 aromatic heterocycles. The van der Waals surface area contributed by atoms with Gasteiger partial charge in [0.1, 0.15) is 5.97 Å². The summed E-state index contributed by atoms with van der Waals surface area (Å²) in [6.45, 7) is 3.70. The van der Waals surface area contributed by atoms with Crippen LogP contribution >= 0.6 is 0 Å². The normalized spacial score (nSPS) is 9.88. The summed E-state index contributed by atoms with van der Waals surface area (Å²) in [5, 5.41) is 18.8. The van der Waals surface area contributed by atoms with Crippen LogP contribution in [-0.4, -0.2) is 18.1 Å². The molecule has 0 fully saturated rings. The van der Waals surface area contributed by atoms with Crippen molar-refractivity contribution in [3.05, 3.63) is 0 Å². The van der Waals surface area contributed by atoms with Gasteiger partial charge in [0.25, 0.3) is 0 Å². The molecular formula is C8H11F3NiO4. The van der Waals surface area contributed by atoms with Gasteiger partial charge >= 0.3 is 22.7 Å². The molecule has 0 rings (SSSR count). The number of carbonyl (C=O) groups excluding carboxylic acids is 2. The van der Waals surface area contributed by atoms with Crippen molar-refractivity contribution in [3.8, 4) is 0 Å². The smallest absolute Gasteiger partial charge is 0.550 e. The van der Waals surface area contributed by atoms with Crippen molar-refractivity contribution < 1.29 is 49.5 Å². The maximum atomic E-state index is 10.5. The molecule has 16 heavy (non-hydrogen) atoms. The Bertz CT molecular complexity index is 214. The SMILES string of the molecule is CCC(CC)C(=O)[O-].O=C([O-])C(F)(F)F.[Ni+2]. The Morgan fingerprint density at radius 2 is 1.38 bits per heavy atom. The van der Waals surface area contributed by atoms with Gasteiger partial charge in [0.05, 0.1) is 0 Å². The van der Waals surface area contributed by atoms with Gasteiger partial charge in [0.15, 0.2) is 0 Å². The number of rotatable bonds is 3. The summed E-state index contributed by atoms with van der Waals surface area (Å²) in [5.41, 5.74) is 0. The van der Waals surface area contributed by atoms with Crippen LogP contribution in [0.2, 0.25) is 0 Å². The summed E-state index contributed by atoms with van der Waals surface area (Å²) in [6, 6.07) is 0. The molecule has 0 saturated carbocycles. The maximum Gasteiger partial charge on any atom is 2.00 e. The van der Waals surface area contributed by atoms with Gasteiger partial charge in [0, 0.05) is 5.97 Å². The van der Waals surface area contributed by atoms with Crippen molar-refractivity contribution in [3.63, 3.8) is 0 Å². The van der Waals surface area contributed by atoms with Crippen LogP contribution in [0.25, 0.3) is 0 Å². The number of alkyl halides is 3. The standard InChI is InChI=1S/C6H12O2.C2HF3O2.Ni/c1-3-5(4-2)6(7)8;3-2(4,5)1(6)7;/h5H,3-4H2,1-2H3,(H,7,8);(H,6,7);/q;;+2/p-2. The van der Waals surface area contributed by atoms with Gasteiger partial charge in [-0.2, -0.15) is 13.2 Å². The van der Waals surface area contributed by atoms with Crippen LogP contribution in [0.5, 0.6) is 0 Å². The minimum absolute atomic E-state index is 0. The molecule has 8 heteroatoms. The first kappa shape index (κ1) is 20.6. The van der Waals surface area contributed by atoms with Gasteiger partial charge in [-0.1, -0.05) is 13.8 Å². The Balaban J connectivity index is -0.000000200. The summed E-state index contributed by atoms with van der Waals surface area (Å²) in [4.78, 5) is 18.8. The summed E-state index contributed by atoms with van der Waals surface area (Å²) in [5.74, 6) is -4.17. The topological polar surface area (TPSA) is 80.3 Å². The predicted octanol–water partition coefficient (Wildman–Crippen LogP) is -0.531. The Hall–Kier alpha value is -0.776. The van der Waals surface area contributed by atoms with E-state index in [0.29, 0.717) is 12.8 Å². The third-order valence-corrected chi connectivity index (χ3v) is 1.55. The van der Waals surface area contributed by atoms with E-state index in [2.05, 4.69) is 0 Å². The molecule has 0 aliphatic carbocycles. The largest absolute Gasteiger partial charge is 2.00 e. The molecule has 4 nitrogen and oxygen atoms in total. The van der Waals surface area contributed by atoms with Crippen LogP contribution in [0.3, 0.4) is 0 Å². The van der Waals surface area contributed by atoms with E-state index < -0.39 is 18.1 Å². The molecule has 0 saturated heterocycles. The Kier molecular flexibility index (Phi) is 12.2. The van der Waals surface area contributed by atoms with E-state index in [1.54, 1.807) is 0 Å². The molecule has 0 spiro atoms. The van der Waals surface area contributed by atoms with E-state index in [9.17, 15) is 23.1 Å². The van der Waals surface area contributed by atoms with Gasteiger partial charge in [-0.05, 0) is 18.8 Å². The monoisotopic (exact) mass is 286 g/mol. The van der Waals surface area contributed by atoms with Gasteiger partial charge in [-0.25, -0.2) is 0 Å². The second-order valence-corrected chi connectivity index (χ2v) is 2.62. The minimum atomic E-state index is -5.19. The average molecular weight is 287 g/mol. The molecule has 0 heterocycles. The van der Waals surface area contributed by atoms with Gasteiger partial charge in [-0.15, -0.1) is 0 Å². The van der Waals surface area contributed by atoms with E-state index in [1.165, 1.54) is 0 Å². The predicted molar refractivity (Wildman–Crippen MR) is 40.1 cm³/mol. The molecule has 0 radical (unpaired) electrons. The number of aliphatic carboxylic acids is 2. The van der Waals surface area contributed by atoms with E-state index in [0.717, 1.165) is 0 Å². The fourth-order valence-electron chi connectivity index (χ4n) is 0.622.